The molecule has 3 heteroatoms. The summed E-state index contributed by atoms with van der Waals surface area (Å²) in [6.07, 6.45) is 6.20. The number of rotatable bonds is 6. The van der Waals surface area contributed by atoms with E-state index >= 15 is 0 Å². The molecular formula is C22H23NO2. The Bertz CT molecular complexity index is 786. The van der Waals surface area contributed by atoms with E-state index < -0.39 is 6.10 Å². The molecule has 0 aliphatic carbocycles. The fourth-order valence-corrected chi connectivity index (χ4v) is 2.44. The number of pyridine rings is 1. The van der Waals surface area contributed by atoms with Crippen LogP contribution in [-0.4, -0.2) is 23.3 Å². The van der Waals surface area contributed by atoms with Crippen molar-refractivity contribution in [1.29, 1.82) is 0 Å². The summed E-state index contributed by atoms with van der Waals surface area (Å²) in [6, 6.07) is 17.8. The Kier molecular flexibility index (Phi) is 7.57. The average Bonchev–Trinajstić information content (AvgIpc) is 2.68. The smallest absolute Gasteiger partial charge is 0.106 e. The summed E-state index contributed by atoms with van der Waals surface area (Å²) < 4.78 is 4.90. The topological polar surface area (TPSA) is 42.4 Å². The zero-order chi connectivity index (χ0) is 17.9. The first kappa shape index (κ1) is 18.6. The van der Waals surface area contributed by atoms with Crippen molar-refractivity contribution < 1.29 is 9.84 Å². The van der Waals surface area contributed by atoms with E-state index in [1.54, 1.807) is 24.5 Å². The van der Waals surface area contributed by atoms with E-state index in [1.165, 1.54) is 0 Å². The van der Waals surface area contributed by atoms with Crippen molar-refractivity contribution in [2.24, 2.45) is 0 Å². The van der Waals surface area contributed by atoms with E-state index in [4.69, 9.17) is 4.74 Å². The maximum absolute atomic E-state index is 10.4. The molecule has 1 aromatic heterocycles. The second-order valence-electron chi connectivity index (χ2n) is 5.37. The quantitative estimate of drug-likeness (QED) is 0.525. The van der Waals surface area contributed by atoms with Gasteiger partial charge in [0.2, 0.25) is 0 Å². The Balaban J connectivity index is 0.000000277. The van der Waals surface area contributed by atoms with Crippen LogP contribution in [0.25, 0.3) is 10.8 Å². The van der Waals surface area contributed by atoms with Crippen molar-refractivity contribution in [3.05, 3.63) is 103 Å². The van der Waals surface area contributed by atoms with Gasteiger partial charge in [0.05, 0.1) is 13.2 Å². The summed E-state index contributed by atoms with van der Waals surface area (Å²) >= 11 is 0. The Morgan fingerprint density at radius 1 is 0.960 bits per heavy atom. The zero-order valence-electron chi connectivity index (χ0n) is 14.2. The van der Waals surface area contributed by atoms with Crippen LogP contribution < -0.4 is 0 Å². The first-order valence-electron chi connectivity index (χ1n) is 8.13. The third-order valence-corrected chi connectivity index (χ3v) is 3.59. The lowest BCUT2D eigenvalue weighted by Crippen LogP contribution is -2.00. The van der Waals surface area contributed by atoms with E-state index in [9.17, 15) is 5.11 Å². The molecule has 3 nitrogen and oxygen atoms in total. The SMILES string of the molecule is C=CCOCC=C.OC(c1cccnc1)c1cccc2ccccc12. The van der Waals surface area contributed by atoms with Gasteiger partial charge in [-0.3, -0.25) is 4.98 Å². The van der Waals surface area contributed by atoms with Crippen molar-refractivity contribution in [2.45, 2.75) is 6.10 Å². The third-order valence-electron chi connectivity index (χ3n) is 3.59. The van der Waals surface area contributed by atoms with Gasteiger partial charge in [0, 0.05) is 18.0 Å². The molecule has 1 atom stereocenters. The summed E-state index contributed by atoms with van der Waals surface area (Å²) in [7, 11) is 0. The molecule has 0 radical (unpaired) electrons. The molecule has 0 aliphatic heterocycles. The molecule has 3 rings (SSSR count). The molecule has 1 unspecified atom stereocenters. The average molecular weight is 333 g/mol. The minimum absolute atomic E-state index is 0.617. The number of aliphatic hydroxyl groups excluding tert-OH is 1. The van der Waals surface area contributed by atoms with Gasteiger partial charge in [0.1, 0.15) is 6.10 Å². The molecule has 25 heavy (non-hydrogen) atoms. The van der Waals surface area contributed by atoms with Crippen LogP contribution >= 0.6 is 0 Å². The van der Waals surface area contributed by atoms with Gasteiger partial charge in [-0.15, -0.1) is 13.2 Å². The number of nitrogens with zero attached hydrogens (tertiary/aromatic N) is 1. The molecule has 1 N–H and O–H groups in total. The van der Waals surface area contributed by atoms with Gasteiger partial charge < -0.3 is 9.84 Å². The Morgan fingerprint density at radius 3 is 2.36 bits per heavy atom. The van der Waals surface area contributed by atoms with E-state index in [0.717, 1.165) is 21.9 Å². The number of benzene rings is 2. The number of hydrogen-bond acceptors (Lipinski definition) is 3. The van der Waals surface area contributed by atoms with Crippen molar-refractivity contribution in [3.63, 3.8) is 0 Å². The number of fused-ring (bicyclic) bond motifs is 1. The summed E-state index contributed by atoms with van der Waals surface area (Å²) in [5, 5.41) is 12.7. The molecule has 0 fully saturated rings. The van der Waals surface area contributed by atoms with E-state index in [-0.39, 0.29) is 0 Å². The molecule has 1 heterocycles. The summed E-state index contributed by atoms with van der Waals surface area (Å²) in [6.45, 7) is 8.18. The standard InChI is InChI=1S/C16H13NO.C6H10O/c18-16(13-7-4-10-17-11-13)15-9-3-6-12-5-1-2-8-14(12)15;1-3-5-7-6-4-2/h1-11,16,18H;3-4H,1-2,5-6H2. The number of ether oxygens (including phenoxy) is 1. The third kappa shape index (κ3) is 5.38. The van der Waals surface area contributed by atoms with Gasteiger partial charge in [-0.25, -0.2) is 0 Å². The predicted octanol–water partition coefficient (Wildman–Crippen LogP) is 4.69. The fraction of sp³-hybridized carbons (Fsp3) is 0.136. The number of aromatic nitrogens is 1. The van der Waals surface area contributed by atoms with Crippen molar-refractivity contribution >= 4 is 10.8 Å². The first-order chi connectivity index (χ1) is 12.3. The zero-order valence-corrected chi connectivity index (χ0v) is 14.2. The normalized spacial score (nSPS) is 11.2. The van der Waals surface area contributed by atoms with Gasteiger partial charge in [0.15, 0.2) is 0 Å². The maximum Gasteiger partial charge on any atom is 0.106 e. The molecule has 0 bridgehead atoms. The second kappa shape index (κ2) is 10.2. The van der Waals surface area contributed by atoms with E-state index in [2.05, 4.69) is 30.3 Å². The molecule has 0 saturated heterocycles. The highest BCUT2D eigenvalue weighted by Gasteiger charge is 2.12. The minimum atomic E-state index is -0.634. The van der Waals surface area contributed by atoms with Crippen LogP contribution in [0.15, 0.2) is 92.3 Å². The monoisotopic (exact) mass is 333 g/mol. The molecule has 0 saturated carbocycles. The van der Waals surface area contributed by atoms with E-state index in [0.29, 0.717) is 13.2 Å². The largest absolute Gasteiger partial charge is 0.384 e. The van der Waals surface area contributed by atoms with Crippen LogP contribution in [-0.2, 0) is 4.74 Å². The molecule has 128 valence electrons. The molecule has 0 spiro atoms. The maximum atomic E-state index is 10.4. The Hall–Kier alpha value is -2.75. The van der Waals surface area contributed by atoms with Crippen LogP contribution in [0.5, 0.6) is 0 Å². The molecule has 2 aromatic carbocycles. The van der Waals surface area contributed by atoms with Crippen LogP contribution in [0.3, 0.4) is 0 Å². The minimum Gasteiger partial charge on any atom is -0.384 e. The van der Waals surface area contributed by atoms with Crippen molar-refractivity contribution in [2.75, 3.05) is 13.2 Å². The van der Waals surface area contributed by atoms with Gasteiger partial charge in [0.25, 0.3) is 0 Å². The summed E-state index contributed by atoms with van der Waals surface area (Å²) in [4.78, 5) is 4.05. The first-order valence-corrected chi connectivity index (χ1v) is 8.13. The van der Waals surface area contributed by atoms with Crippen LogP contribution in [0, 0.1) is 0 Å². The highest BCUT2D eigenvalue weighted by Crippen LogP contribution is 2.28. The van der Waals surface area contributed by atoms with Crippen molar-refractivity contribution in [3.8, 4) is 0 Å². The van der Waals surface area contributed by atoms with Crippen LogP contribution in [0.4, 0.5) is 0 Å². The summed E-state index contributed by atoms with van der Waals surface area (Å²) in [5.74, 6) is 0. The van der Waals surface area contributed by atoms with Gasteiger partial charge in [-0.1, -0.05) is 60.7 Å². The van der Waals surface area contributed by atoms with E-state index in [1.807, 2.05) is 42.5 Å². The molecule has 3 aromatic rings. The Morgan fingerprint density at radius 2 is 1.68 bits per heavy atom. The lowest BCUT2D eigenvalue weighted by Gasteiger charge is -2.13. The number of aliphatic hydroxyl groups is 1. The van der Waals surface area contributed by atoms with Gasteiger partial charge >= 0.3 is 0 Å². The molecule has 0 aliphatic rings. The molecule has 0 amide bonds. The number of hydrogen-bond donors (Lipinski definition) is 1. The van der Waals surface area contributed by atoms with Crippen LogP contribution in [0.2, 0.25) is 0 Å². The van der Waals surface area contributed by atoms with Crippen LogP contribution in [0.1, 0.15) is 17.2 Å². The lowest BCUT2D eigenvalue weighted by atomic mass is 9.97. The second-order valence-corrected chi connectivity index (χ2v) is 5.37. The highest BCUT2D eigenvalue weighted by molar-refractivity contribution is 5.86. The highest BCUT2D eigenvalue weighted by atomic mass is 16.5. The Labute approximate surface area is 148 Å². The fourth-order valence-electron chi connectivity index (χ4n) is 2.44. The van der Waals surface area contributed by atoms with Crippen molar-refractivity contribution in [1.82, 2.24) is 4.98 Å². The van der Waals surface area contributed by atoms with Gasteiger partial charge in [-0.05, 0) is 22.4 Å². The molecular weight excluding hydrogens is 310 g/mol. The predicted molar refractivity (Wildman–Crippen MR) is 103 cm³/mol. The van der Waals surface area contributed by atoms with Gasteiger partial charge in [-0.2, -0.15) is 0 Å². The lowest BCUT2D eigenvalue weighted by molar-refractivity contribution is 0.194. The summed E-state index contributed by atoms with van der Waals surface area (Å²) in [5.41, 5.74) is 1.73.